The predicted octanol–water partition coefficient (Wildman–Crippen LogP) is 1.71. The number of aliphatic hydroxyl groups is 1. The largest absolute Gasteiger partial charge is 0.486 e. The summed E-state index contributed by atoms with van der Waals surface area (Å²) in [4.78, 5) is 16.2. The van der Waals surface area contributed by atoms with Gasteiger partial charge in [0.2, 0.25) is 5.91 Å². The monoisotopic (exact) mass is 345 g/mol. The van der Waals surface area contributed by atoms with E-state index in [4.69, 9.17) is 9.26 Å². The average molecular weight is 345 g/mol. The van der Waals surface area contributed by atoms with E-state index in [0.717, 1.165) is 17.0 Å². The summed E-state index contributed by atoms with van der Waals surface area (Å²) < 4.78 is 10.9. The first-order valence-corrected chi connectivity index (χ1v) is 8.50. The fourth-order valence-corrected chi connectivity index (χ4v) is 3.20. The van der Waals surface area contributed by atoms with Crippen molar-refractivity contribution in [1.29, 1.82) is 0 Å². The zero-order valence-corrected chi connectivity index (χ0v) is 14.4. The number of carbonyl (C=O) groups excluding carboxylic acids is 1. The van der Waals surface area contributed by atoms with E-state index in [1.54, 1.807) is 24.5 Å². The summed E-state index contributed by atoms with van der Waals surface area (Å²) in [7, 11) is 0. The first-order valence-electron chi connectivity index (χ1n) is 8.50. The van der Waals surface area contributed by atoms with Gasteiger partial charge in [-0.3, -0.25) is 9.78 Å². The molecule has 7 heteroatoms. The van der Waals surface area contributed by atoms with Crippen LogP contribution in [0.15, 0.2) is 29.0 Å². The molecule has 25 heavy (non-hydrogen) atoms. The number of ether oxygens (including phenoxy) is 1. The molecular weight excluding hydrogens is 322 g/mol. The molecule has 2 N–H and O–H groups in total. The zero-order valence-electron chi connectivity index (χ0n) is 14.4. The number of aromatic nitrogens is 2. The molecule has 0 spiro atoms. The van der Waals surface area contributed by atoms with E-state index >= 15 is 0 Å². The zero-order chi connectivity index (χ0) is 17.8. The summed E-state index contributed by atoms with van der Waals surface area (Å²) in [6.45, 7) is 3.71. The highest BCUT2D eigenvalue weighted by Crippen LogP contribution is 2.25. The summed E-state index contributed by atoms with van der Waals surface area (Å²) in [6.07, 6.45) is 4.49. The van der Waals surface area contributed by atoms with Gasteiger partial charge in [0.05, 0.1) is 17.9 Å². The van der Waals surface area contributed by atoms with E-state index in [-0.39, 0.29) is 18.1 Å². The summed E-state index contributed by atoms with van der Waals surface area (Å²) in [5.41, 5.74) is 1.79. The van der Waals surface area contributed by atoms with Crippen LogP contribution in [0.5, 0.6) is 5.75 Å². The van der Waals surface area contributed by atoms with Crippen LogP contribution in [0, 0.1) is 13.8 Å². The van der Waals surface area contributed by atoms with E-state index in [0.29, 0.717) is 31.4 Å². The number of hydrogen-bond donors (Lipinski definition) is 2. The molecular formula is C18H23N3O4. The lowest BCUT2D eigenvalue weighted by Crippen LogP contribution is -2.44. The van der Waals surface area contributed by atoms with Crippen molar-refractivity contribution in [2.24, 2.45) is 0 Å². The smallest absolute Gasteiger partial charge is 0.220 e. The van der Waals surface area contributed by atoms with Gasteiger partial charge in [-0.25, -0.2) is 0 Å². The molecule has 2 aromatic rings. The van der Waals surface area contributed by atoms with Gasteiger partial charge < -0.3 is 19.7 Å². The number of carbonyl (C=O) groups is 1. The molecule has 2 aromatic heterocycles. The maximum atomic E-state index is 12.2. The van der Waals surface area contributed by atoms with Crippen LogP contribution >= 0.6 is 0 Å². The topological polar surface area (TPSA) is 97.5 Å². The Morgan fingerprint density at radius 2 is 2.28 bits per heavy atom. The lowest BCUT2D eigenvalue weighted by atomic mass is 10.1. The van der Waals surface area contributed by atoms with Crippen LogP contribution in [0.25, 0.3) is 0 Å². The molecule has 1 fully saturated rings. The summed E-state index contributed by atoms with van der Waals surface area (Å²) in [6, 6.07) is 3.29. The molecule has 0 saturated heterocycles. The number of nitrogens with zero attached hydrogens (tertiary/aromatic N) is 2. The standard InChI is InChI=1S/C18H23N3O4/c1-11-14(12(2)25-21-11)5-8-17(22)20-15-6-7-16(18(15)23)24-13-4-3-9-19-10-13/h3-4,9-10,15-16,18,23H,5-8H2,1-2H3,(H,20,22)/t15-,16-,18-/m1/s1. The maximum absolute atomic E-state index is 12.2. The Kier molecular flexibility index (Phi) is 5.33. The van der Waals surface area contributed by atoms with Crippen LogP contribution < -0.4 is 10.1 Å². The number of hydrogen-bond acceptors (Lipinski definition) is 6. The second kappa shape index (κ2) is 7.65. The number of aryl methyl sites for hydroxylation is 2. The molecule has 134 valence electrons. The highest BCUT2D eigenvalue weighted by molar-refractivity contribution is 5.76. The number of rotatable bonds is 6. The first kappa shape index (κ1) is 17.4. The van der Waals surface area contributed by atoms with E-state index in [9.17, 15) is 9.90 Å². The minimum absolute atomic E-state index is 0.0916. The highest BCUT2D eigenvalue weighted by Gasteiger charge is 2.37. The maximum Gasteiger partial charge on any atom is 0.220 e. The van der Waals surface area contributed by atoms with Crippen LogP contribution in [0.2, 0.25) is 0 Å². The molecule has 0 aromatic carbocycles. The van der Waals surface area contributed by atoms with Gasteiger partial charge in [-0.15, -0.1) is 0 Å². The number of amides is 1. The molecule has 1 amide bonds. The van der Waals surface area contributed by atoms with Crippen molar-refractivity contribution in [3.63, 3.8) is 0 Å². The highest BCUT2D eigenvalue weighted by atomic mass is 16.5. The second-order valence-corrected chi connectivity index (χ2v) is 6.39. The lowest BCUT2D eigenvalue weighted by Gasteiger charge is -2.21. The van der Waals surface area contributed by atoms with Crippen LogP contribution in [-0.2, 0) is 11.2 Å². The van der Waals surface area contributed by atoms with E-state index in [2.05, 4.69) is 15.5 Å². The van der Waals surface area contributed by atoms with Crippen molar-refractivity contribution in [2.75, 3.05) is 0 Å². The average Bonchev–Trinajstić information content (AvgIpc) is 3.10. The van der Waals surface area contributed by atoms with Gasteiger partial charge in [0, 0.05) is 18.2 Å². The van der Waals surface area contributed by atoms with Crippen molar-refractivity contribution < 1.29 is 19.2 Å². The molecule has 0 radical (unpaired) electrons. The Labute approximate surface area is 146 Å². The molecule has 1 aliphatic rings. The van der Waals surface area contributed by atoms with Gasteiger partial charge in [0.25, 0.3) is 0 Å². The van der Waals surface area contributed by atoms with Crippen molar-refractivity contribution in [1.82, 2.24) is 15.5 Å². The van der Waals surface area contributed by atoms with E-state index < -0.39 is 6.10 Å². The van der Waals surface area contributed by atoms with Gasteiger partial charge in [0.15, 0.2) is 0 Å². The van der Waals surface area contributed by atoms with Crippen LogP contribution in [0.3, 0.4) is 0 Å². The van der Waals surface area contributed by atoms with E-state index in [1.807, 2.05) is 13.8 Å². The Morgan fingerprint density at radius 1 is 1.44 bits per heavy atom. The Hall–Kier alpha value is -2.41. The quantitative estimate of drug-likeness (QED) is 0.827. The van der Waals surface area contributed by atoms with Crippen LogP contribution in [-0.4, -0.2) is 39.4 Å². The summed E-state index contributed by atoms with van der Waals surface area (Å²) in [5, 5.41) is 17.2. The second-order valence-electron chi connectivity index (χ2n) is 6.39. The van der Waals surface area contributed by atoms with Gasteiger partial charge in [-0.2, -0.15) is 0 Å². The summed E-state index contributed by atoms with van der Waals surface area (Å²) in [5.74, 6) is 1.28. The molecule has 3 rings (SSSR count). The Morgan fingerprint density at radius 3 is 2.96 bits per heavy atom. The number of aliphatic hydroxyl groups excluding tert-OH is 1. The minimum atomic E-state index is -0.733. The molecule has 7 nitrogen and oxygen atoms in total. The van der Waals surface area contributed by atoms with Gasteiger partial charge >= 0.3 is 0 Å². The van der Waals surface area contributed by atoms with Crippen molar-refractivity contribution in [3.05, 3.63) is 41.5 Å². The predicted molar refractivity (Wildman–Crippen MR) is 90.1 cm³/mol. The third kappa shape index (κ3) is 4.17. The van der Waals surface area contributed by atoms with Gasteiger partial charge in [-0.1, -0.05) is 5.16 Å². The Bertz CT molecular complexity index is 697. The number of pyridine rings is 1. The third-order valence-corrected chi connectivity index (χ3v) is 4.61. The molecule has 2 heterocycles. The van der Waals surface area contributed by atoms with Gasteiger partial charge in [0.1, 0.15) is 23.7 Å². The van der Waals surface area contributed by atoms with Crippen molar-refractivity contribution in [3.8, 4) is 5.75 Å². The fraction of sp³-hybridized carbons (Fsp3) is 0.500. The van der Waals surface area contributed by atoms with Crippen molar-refractivity contribution >= 4 is 5.91 Å². The molecule has 1 aliphatic carbocycles. The Balaban J connectivity index is 1.49. The third-order valence-electron chi connectivity index (χ3n) is 4.61. The molecule has 0 unspecified atom stereocenters. The molecule has 0 bridgehead atoms. The minimum Gasteiger partial charge on any atom is -0.486 e. The van der Waals surface area contributed by atoms with Crippen LogP contribution in [0.1, 0.15) is 36.3 Å². The van der Waals surface area contributed by atoms with Gasteiger partial charge in [-0.05, 0) is 45.2 Å². The number of nitrogens with one attached hydrogen (secondary N) is 1. The van der Waals surface area contributed by atoms with Crippen molar-refractivity contribution in [2.45, 2.75) is 57.8 Å². The lowest BCUT2D eigenvalue weighted by molar-refractivity contribution is -0.122. The fourth-order valence-electron chi connectivity index (χ4n) is 3.20. The molecule has 0 aliphatic heterocycles. The molecule has 1 saturated carbocycles. The summed E-state index contributed by atoms with van der Waals surface area (Å²) >= 11 is 0. The van der Waals surface area contributed by atoms with E-state index in [1.165, 1.54) is 0 Å². The SMILES string of the molecule is Cc1noc(C)c1CCC(=O)N[C@@H]1CC[C@@H](Oc2cccnc2)[C@@H]1O. The molecule has 3 atom stereocenters. The first-order chi connectivity index (χ1) is 12.0. The van der Waals surface area contributed by atoms with Crippen LogP contribution in [0.4, 0.5) is 0 Å². The normalized spacial score (nSPS) is 22.8.